The van der Waals surface area contributed by atoms with Gasteiger partial charge in [-0.3, -0.25) is 14.5 Å². The molecule has 4 amide bonds. The monoisotopic (exact) mass is 380 g/mol. The molecule has 0 radical (unpaired) electrons. The molecule has 3 N–H and O–H groups in total. The van der Waals surface area contributed by atoms with Crippen molar-refractivity contribution in [3.05, 3.63) is 54.6 Å². The van der Waals surface area contributed by atoms with Crippen molar-refractivity contribution in [2.75, 3.05) is 16.3 Å². The van der Waals surface area contributed by atoms with Crippen LogP contribution in [0.15, 0.2) is 54.6 Å². The minimum atomic E-state index is -1.39. The summed E-state index contributed by atoms with van der Waals surface area (Å²) in [5.74, 6) is -0.670. The molecule has 7 heteroatoms. The van der Waals surface area contributed by atoms with Gasteiger partial charge in [-0.1, -0.05) is 44.2 Å². The lowest BCUT2D eigenvalue weighted by Gasteiger charge is -2.26. The second kappa shape index (κ2) is 8.12. The molecule has 2 aromatic rings. The van der Waals surface area contributed by atoms with Crippen molar-refractivity contribution in [1.29, 1.82) is 0 Å². The number of nitrogens with two attached hydrogens (primary N) is 1. The highest BCUT2D eigenvalue weighted by Gasteiger charge is 2.41. The number of amides is 4. The molecule has 2 aromatic carbocycles. The highest BCUT2D eigenvalue weighted by molar-refractivity contribution is 6.23. The van der Waals surface area contributed by atoms with Crippen LogP contribution in [0.3, 0.4) is 0 Å². The Kier molecular flexibility index (Phi) is 5.63. The van der Waals surface area contributed by atoms with Crippen LogP contribution in [0, 0.1) is 5.92 Å². The SMILES string of the molecule is CC(C)CCN1C(=O)C(NC(N)=O)C(=O)N(c2ccccc2)c2ccccc21. The molecule has 0 bridgehead atoms. The fourth-order valence-corrected chi connectivity index (χ4v) is 3.24. The second-order valence-corrected chi connectivity index (χ2v) is 7.11. The number of para-hydroxylation sites is 3. The Morgan fingerprint density at radius 3 is 2.21 bits per heavy atom. The molecule has 0 aliphatic carbocycles. The summed E-state index contributed by atoms with van der Waals surface area (Å²) < 4.78 is 0. The first-order chi connectivity index (χ1) is 13.4. The minimum Gasteiger partial charge on any atom is -0.352 e. The van der Waals surface area contributed by atoms with Gasteiger partial charge >= 0.3 is 6.03 Å². The Balaban J connectivity index is 2.17. The quantitative estimate of drug-likeness (QED) is 0.781. The zero-order valence-corrected chi connectivity index (χ0v) is 16.0. The Labute approximate surface area is 164 Å². The fourth-order valence-electron chi connectivity index (χ4n) is 3.24. The number of carbonyl (C=O) groups is 3. The average Bonchev–Trinajstić information content (AvgIpc) is 2.75. The molecule has 1 aliphatic heterocycles. The van der Waals surface area contributed by atoms with Gasteiger partial charge in [-0.2, -0.15) is 0 Å². The minimum absolute atomic E-state index is 0.367. The number of benzene rings is 2. The third-order valence-electron chi connectivity index (χ3n) is 4.62. The van der Waals surface area contributed by atoms with Gasteiger partial charge in [-0.25, -0.2) is 4.79 Å². The van der Waals surface area contributed by atoms with Crippen molar-refractivity contribution in [2.24, 2.45) is 11.7 Å². The van der Waals surface area contributed by atoms with E-state index in [0.717, 1.165) is 6.42 Å². The van der Waals surface area contributed by atoms with Gasteiger partial charge in [0.05, 0.1) is 11.4 Å². The summed E-state index contributed by atoms with van der Waals surface area (Å²) in [5.41, 5.74) is 7.08. The normalized spacial score (nSPS) is 16.8. The molecule has 146 valence electrons. The molecule has 0 saturated heterocycles. The Hall–Kier alpha value is -3.35. The largest absolute Gasteiger partial charge is 0.352 e. The van der Waals surface area contributed by atoms with E-state index in [1.54, 1.807) is 23.1 Å². The number of urea groups is 1. The number of hydrogen-bond donors (Lipinski definition) is 2. The van der Waals surface area contributed by atoms with Gasteiger partial charge in [0.1, 0.15) is 0 Å². The smallest absolute Gasteiger partial charge is 0.313 e. The van der Waals surface area contributed by atoms with Crippen LogP contribution in [-0.2, 0) is 9.59 Å². The molecule has 28 heavy (non-hydrogen) atoms. The number of primary amides is 1. The number of nitrogens with one attached hydrogen (secondary N) is 1. The maximum atomic E-state index is 13.3. The molecule has 1 atom stereocenters. The van der Waals surface area contributed by atoms with Crippen molar-refractivity contribution in [3.8, 4) is 0 Å². The standard InChI is InChI=1S/C21H24N4O3/c1-14(2)12-13-24-16-10-6-7-11-17(16)25(15-8-4-3-5-9-15)20(27)18(19(24)26)23-21(22)28/h3-11,14,18H,12-13H2,1-2H3,(H3,22,23,28). The van der Waals surface area contributed by atoms with Gasteiger partial charge in [-0.15, -0.1) is 0 Å². The summed E-state index contributed by atoms with van der Waals surface area (Å²) in [5, 5.41) is 2.33. The third kappa shape index (κ3) is 3.83. The van der Waals surface area contributed by atoms with E-state index < -0.39 is 23.9 Å². The first-order valence-electron chi connectivity index (χ1n) is 9.25. The van der Waals surface area contributed by atoms with E-state index >= 15 is 0 Å². The van der Waals surface area contributed by atoms with Crippen molar-refractivity contribution in [3.63, 3.8) is 0 Å². The predicted molar refractivity (Wildman–Crippen MR) is 108 cm³/mol. The van der Waals surface area contributed by atoms with Crippen LogP contribution < -0.4 is 20.9 Å². The second-order valence-electron chi connectivity index (χ2n) is 7.11. The molecule has 7 nitrogen and oxygen atoms in total. The maximum absolute atomic E-state index is 13.3. The van der Waals surface area contributed by atoms with Gasteiger partial charge in [0.2, 0.25) is 0 Å². The Bertz CT molecular complexity index is 882. The van der Waals surface area contributed by atoms with E-state index in [1.165, 1.54) is 4.90 Å². The van der Waals surface area contributed by atoms with E-state index in [0.29, 0.717) is 29.5 Å². The van der Waals surface area contributed by atoms with Gasteiger partial charge in [-0.05, 0) is 36.6 Å². The molecule has 0 spiro atoms. The van der Waals surface area contributed by atoms with Gasteiger partial charge in [0.25, 0.3) is 11.8 Å². The topological polar surface area (TPSA) is 95.7 Å². The van der Waals surface area contributed by atoms with Gasteiger partial charge in [0, 0.05) is 12.2 Å². The van der Waals surface area contributed by atoms with E-state index in [9.17, 15) is 14.4 Å². The van der Waals surface area contributed by atoms with E-state index in [4.69, 9.17) is 5.73 Å². The van der Waals surface area contributed by atoms with Crippen LogP contribution in [0.25, 0.3) is 0 Å². The number of nitrogens with zero attached hydrogens (tertiary/aromatic N) is 2. The number of rotatable bonds is 5. The summed E-state index contributed by atoms with van der Waals surface area (Å²) in [6, 6.07) is 14.0. The van der Waals surface area contributed by atoms with Crippen LogP contribution in [0.2, 0.25) is 0 Å². The Morgan fingerprint density at radius 2 is 1.61 bits per heavy atom. The van der Waals surface area contributed by atoms with Crippen molar-refractivity contribution in [2.45, 2.75) is 26.3 Å². The first-order valence-corrected chi connectivity index (χ1v) is 9.25. The summed E-state index contributed by atoms with van der Waals surface area (Å²) >= 11 is 0. The summed E-state index contributed by atoms with van der Waals surface area (Å²) in [6.07, 6.45) is 0.753. The third-order valence-corrected chi connectivity index (χ3v) is 4.62. The first kappa shape index (κ1) is 19.4. The molecule has 1 unspecified atom stereocenters. The summed E-state index contributed by atoms with van der Waals surface area (Å²) in [7, 11) is 0. The van der Waals surface area contributed by atoms with Crippen LogP contribution in [-0.4, -0.2) is 30.4 Å². The molecular formula is C21H24N4O3. The molecular weight excluding hydrogens is 356 g/mol. The van der Waals surface area contributed by atoms with Crippen LogP contribution in [0.4, 0.5) is 21.9 Å². The Morgan fingerprint density at radius 1 is 1.00 bits per heavy atom. The lowest BCUT2D eigenvalue weighted by atomic mass is 10.1. The lowest BCUT2D eigenvalue weighted by Crippen LogP contribution is -2.56. The van der Waals surface area contributed by atoms with Crippen LogP contribution in [0.1, 0.15) is 20.3 Å². The zero-order chi connectivity index (χ0) is 20.3. The average molecular weight is 380 g/mol. The molecule has 0 fully saturated rings. The van der Waals surface area contributed by atoms with Crippen LogP contribution >= 0.6 is 0 Å². The molecule has 1 aliphatic rings. The van der Waals surface area contributed by atoms with Gasteiger partial charge < -0.3 is 16.0 Å². The maximum Gasteiger partial charge on any atom is 0.313 e. The van der Waals surface area contributed by atoms with E-state index in [-0.39, 0.29) is 0 Å². The summed E-state index contributed by atoms with van der Waals surface area (Å²) in [6.45, 7) is 4.56. The highest BCUT2D eigenvalue weighted by atomic mass is 16.2. The molecule has 0 saturated carbocycles. The number of anilines is 3. The molecule has 1 heterocycles. The van der Waals surface area contributed by atoms with Crippen LogP contribution in [0.5, 0.6) is 0 Å². The predicted octanol–water partition coefficient (Wildman–Crippen LogP) is 2.78. The number of fused-ring (bicyclic) bond motifs is 1. The van der Waals surface area contributed by atoms with Crippen molar-refractivity contribution >= 4 is 34.9 Å². The van der Waals surface area contributed by atoms with Crippen molar-refractivity contribution < 1.29 is 14.4 Å². The zero-order valence-electron chi connectivity index (χ0n) is 16.0. The van der Waals surface area contributed by atoms with Gasteiger partial charge in [0.15, 0.2) is 6.04 Å². The van der Waals surface area contributed by atoms with E-state index in [2.05, 4.69) is 19.2 Å². The molecule has 0 aromatic heterocycles. The number of hydrogen-bond acceptors (Lipinski definition) is 3. The summed E-state index contributed by atoms with van der Waals surface area (Å²) in [4.78, 5) is 41.2. The fraction of sp³-hybridized carbons (Fsp3) is 0.286. The highest BCUT2D eigenvalue weighted by Crippen LogP contribution is 2.38. The molecule has 3 rings (SSSR count). The lowest BCUT2D eigenvalue weighted by molar-refractivity contribution is -0.128. The van der Waals surface area contributed by atoms with Crippen molar-refractivity contribution in [1.82, 2.24) is 5.32 Å². The van der Waals surface area contributed by atoms with E-state index in [1.807, 2.05) is 36.4 Å². The number of carbonyl (C=O) groups excluding carboxylic acids is 3.